The predicted octanol–water partition coefficient (Wildman–Crippen LogP) is 4.22. The SMILES string of the molecule is COC(=O)c1cccc(N2C(=O)[C@@H]3[C@@H](C2=O)C2c4ccccc4C3(Cl)c3ccccc32)c1. The van der Waals surface area contributed by atoms with Crippen molar-refractivity contribution >= 4 is 35.1 Å². The van der Waals surface area contributed by atoms with Gasteiger partial charge in [-0.05, 0) is 40.5 Å². The van der Waals surface area contributed by atoms with E-state index in [0.29, 0.717) is 5.69 Å². The van der Waals surface area contributed by atoms with Crippen molar-refractivity contribution in [3.63, 3.8) is 0 Å². The average molecular weight is 444 g/mol. The number of imide groups is 1. The van der Waals surface area contributed by atoms with Crippen LogP contribution in [0.1, 0.15) is 38.5 Å². The lowest BCUT2D eigenvalue weighted by molar-refractivity contribution is -0.122. The van der Waals surface area contributed by atoms with Crippen molar-refractivity contribution in [2.75, 3.05) is 12.0 Å². The first-order valence-electron chi connectivity index (χ1n) is 10.4. The van der Waals surface area contributed by atoms with Gasteiger partial charge in [-0.15, -0.1) is 11.6 Å². The van der Waals surface area contributed by atoms with Crippen LogP contribution in [-0.4, -0.2) is 24.9 Å². The van der Waals surface area contributed by atoms with E-state index in [1.165, 1.54) is 18.1 Å². The summed E-state index contributed by atoms with van der Waals surface area (Å²) in [5, 5.41) is 0. The highest BCUT2D eigenvalue weighted by Crippen LogP contribution is 2.65. The Morgan fingerprint density at radius 2 is 1.53 bits per heavy atom. The van der Waals surface area contributed by atoms with Gasteiger partial charge in [-0.25, -0.2) is 9.69 Å². The summed E-state index contributed by atoms with van der Waals surface area (Å²) >= 11 is 7.40. The molecular weight excluding hydrogens is 426 g/mol. The standard InChI is InChI=1S/C26H18ClNO4/c1-32-25(31)14-7-6-8-15(13-14)28-23(29)21-20-16-9-2-4-11-18(16)26(27,22(21)24(28)30)19-12-5-3-10-17(19)20/h2-13,20-22H,1H3/t20?,21-,22-,26?/m0/s1. The number of hydrogen-bond donors (Lipinski definition) is 0. The summed E-state index contributed by atoms with van der Waals surface area (Å²) in [4.78, 5) is 39.7. The first-order chi connectivity index (χ1) is 15.5. The molecule has 1 saturated heterocycles. The summed E-state index contributed by atoms with van der Waals surface area (Å²) < 4.78 is 4.80. The van der Waals surface area contributed by atoms with Crippen LogP contribution in [0, 0.1) is 11.8 Å². The van der Waals surface area contributed by atoms with Crippen molar-refractivity contribution < 1.29 is 19.1 Å². The number of benzene rings is 3. The number of carbonyl (C=O) groups excluding carboxylic acids is 3. The van der Waals surface area contributed by atoms with Crippen molar-refractivity contribution in [3.8, 4) is 0 Å². The first kappa shape index (κ1) is 19.3. The van der Waals surface area contributed by atoms with E-state index in [1.807, 2.05) is 48.5 Å². The predicted molar refractivity (Wildman–Crippen MR) is 119 cm³/mol. The number of methoxy groups -OCH3 is 1. The number of carbonyl (C=O) groups is 3. The van der Waals surface area contributed by atoms with Crippen LogP contribution in [0.3, 0.4) is 0 Å². The minimum absolute atomic E-state index is 0.252. The lowest BCUT2D eigenvalue weighted by Crippen LogP contribution is -2.50. The van der Waals surface area contributed by atoms with Crippen LogP contribution < -0.4 is 4.90 Å². The van der Waals surface area contributed by atoms with Gasteiger partial charge < -0.3 is 4.74 Å². The maximum atomic E-state index is 13.8. The molecule has 0 N–H and O–H groups in total. The topological polar surface area (TPSA) is 63.7 Å². The van der Waals surface area contributed by atoms with Gasteiger partial charge in [0.25, 0.3) is 0 Å². The van der Waals surface area contributed by atoms with Crippen LogP contribution in [0.5, 0.6) is 0 Å². The van der Waals surface area contributed by atoms with E-state index < -0.39 is 22.7 Å². The third-order valence-electron chi connectivity index (χ3n) is 7.04. The summed E-state index contributed by atoms with van der Waals surface area (Å²) in [7, 11) is 1.29. The van der Waals surface area contributed by atoms with E-state index in [-0.39, 0.29) is 23.3 Å². The van der Waals surface area contributed by atoms with Crippen LogP contribution >= 0.6 is 11.6 Å². The maximum absolute atomic E-state index is 13.8. The number of hydrogen-bond acceptors (Lipinski definition) is 4. The fourth-order valence-corrected chi connectivity index (χ4v) is 6.40. The molecule has 3 aromatic rings. The Hall–Kier alpha value is -3.44. The van der Waals surface area contributed by atoms with Crippen LogP contribution in [0.25, 0.3) is 0 Å². The molecule has 2 atom stereocenters. The Morgan fingerprint density at radius 3 is 2.16 bits per heavy atom. The quantitative estimate of drug-likeness (QED) is 0.338. The molecule has 3 aliphatic carbocycles. The van der Waals surface area contributed by atoms with Crippen molar-refractivity contribution in [1.29, 1.82) is 0 Å². The third-order valence-corrected chi connectivity index (χ3v) is 7.68. The summed E-state index contributed by atoms with van der Waals surface area (Å²) in [5.74, 6) is -2.75. The van der Waals surface area contributed by atoms with Gasteiger partial charge in [-0.3, -0.25) is 9.59 Å². The monoisotopic (exact) mass is 443 g/mol. The average Bonchev–Trinajstić information content (AvgIpc) is 3.10. The van der Waals surface area contributed by atoms with Gasteiger partial charge in [0, 0.05) is 5.92 Å². The molecule has 1 heterocycles. The second kappa shape index (κ2) is 6.53. The van der Waals surface area contributed by atoms with Crippen molar-refractivity contribution in [2.24, 2.45) is 11.8 Å². The van der Waals surface area contributed by atoms with Gasteiger partial charge in [0.2, 0.25) is 11.8 Å². The van der Waals surface area contributed by atoms with E-state index in [0.717, 1.165) is 22.3 Å². The lowest BCUT2D eigenvalue weighted by Gasteiger charge is -2.50. The van der Waals surface area contributed by atoms with Crippen molar-refractivity contribution in [1.82, 2.24) is 0 Å². The Kier molecular flexibility index (Phi) is 3.93. The van der Waals surface area contributed by atoms with E-state index in [2.05, 4.69) is 0 Å². The molecule has 5 nitrogen and oxygen atoms in total. The summed E-state index contributed by atoms with van der Waals surface area (Å²) in [6.07, 6.45) is 0. The van der Waals surface area contributed by atoms with E-state index >= 15 is 0 Å². The van der Waals surface area contributed by atoms with Crippen LogP contribution in [-0.2, 0) is 19.2 Å². The number of anilines is 1. The highest BCUT2D eigenvalue weighted by Gasteiger charge is 2.68. The lowest BCUT2D eigenvalue weighted by atomic mass is 9.54. The largest absolute Gasteiger partial charge is 0.465 e. The molecule has 0 spiro atoms. The number of esters is 1. The number of nitrogens with zero attached hydrogens (tertiary/aromatic N) is 1. The van der Waals surface area contributed by atoms with E-state index in [9.17, 15) is 14.4 Å². The zero-order chi connectivity index (χ0) is 22.2. The Balaban J connectivity index is 1.56. The zero-order valence-corrected chi connectivity index (χ0v) is 17.9. The summed E-state index contributed by atoms with van der Waals surface area (Å²) in [6.45, 7) is 0. The Bertz CT molecular complexity index is 1290. The Morgan fingerprint density at radius 1 is 0.906 bits per heavy atom. The van der Waals surface area contributed by atoms with Gasteiger partial charge >= 0.3 is 5.97 Å². The van der Waals surface area contributed by atoms with Crippen molar-refractivity contribution in [3.05, 3.63) is 101 Å². The van der Waals surface area contributed by atoms with Crippen LogP contribution in [0.4, 0.5) is 5.69 Å². The highest BCUT2D eigenvalue weighted by atomic mass is 35.5. The normalized spacial score (nSPS) is 27.1. The number of amides is 2. The van der Waals surface area contributed by atoms with Crippen LogP contribution in [0.2, 0.25) is 0 Å². The van der Waals surface area contributed by atoms with Gasteiger partial charge in [0.1, 0.15) is 4.87 Å². The van der Waals surface area contributed by atoms with Crippen LogP contribution in [0.15, 0.2) is 72.8 Å². The van der Waals surface area contributed by atoms with E-state index in [1.54, 1.807) is 18.2 Å². The molecule has 2 bridgehead atoms. The Labute approximate surface area is 189 Å². The second-order valence-electron chi connectivity index (χ2n) is 8.42. The summed E-state index contributed by atoms with van der Waals surface area (Å²) in [6, 6.07) is 22.0. The molecule has 2 amide bonds. The van der Waals surface area contributed by atoms with Gasteiger partial charge in [0.05, 0.1) is 30.2 Å². The molecule has 0 saturated carbocycles. The molecule has 1 fully saturated rings. The number of ether oxygens (including phenoxy) is 1. The number of halogens is 1. The first-order valence-corrected chi connectivity index (χ1v) is 10.8. The molecule has 6 heteroatoms. The molecule has 32 heavy (non-hydrogen) atoms. The second-order valence-corrected chi connectivity index (χ2v) is 9.02. The molecule has 7 rings (SSSR count). The molecule has 3 aromatic carbocycles. The number of rotatable bonds is 2. The number of alkyl halides is 1. The third kappa shape index (κ3) is 2.21. The molecule has 1 aliphatic heterocycles. The molecular formula is C26H18ClNO4. The molecule has 158 valence electrons. The van der Waals surface area contributed by atoms with E-state index in [4.69, 9.17) is 16.3 Å². The maximum Gasteiger partial charge on any atom is 0.337 e. The summed E-state index contributed by atoms with van der Waals surface area (Å²) in [5.41, 5.74) is 4.39. The minimum Gasteiger partial charge on any atom is -0.465 e. The van der Waals surface area contributed by atoms with Crippen molar-refractivity contribution in [2.45, 2.75) is 10.8 Å². The smallest absolute Gasteiger partial charge is 0.337 e. The molecule has 0 radical (unpaired) electrons. The molecule has 0 aromatic heterocycles. The molecule has 0 unspecified atom stereocenters. The minimum atomic E-state index is -1.13. The fraction of sp³-hybridized carbons (Fsp3) is 0.192. The van der Waals surface area contributed by atoms with Gasteiger partial charge in [0.15, 0.2) is 0 Å². The molecule has 4 aliphatic rings. The fourth-order valence-electron chi connectivity index (χ4n) is 5.82. The van der Waals surface area contributed by atoms with Gasteiger partial charge in [-0.2, -0.15) is 0 Å². The zero-order valence-electron chi connectivity index (χ0n) is 17.1. The highest BCUT2D eigenvalue weighted by molar-refractivity contribution is 6.33. The van der Waals surface area contributed by atoms with Gasteiger partial charge in [-0.1, -0.05) is 54.6 Å².